The molecule has 0 aliphatic rings. The molecule has 0 aliphatic carbocycles. The highest BCUT2D eigenvalue weighted by atomic mass is 16.5. The van der Waals surface area contributed by atoms with Gasteiger partial charge in [-0.05, 0) is 57.0 Å². The molecule has 5 heteroatoms. The lowest BCUT2D eigenvalue weighted by atomic mass is 9.89. The van der Waals surface area contributed by atoms with E-state index in [-0.39, 0.29) is 18.4 Å². The van der Waals surface area contributed by atoms with Gasteiger partial charge in [-0.1, -0.05) is 30.3 Å². The van der Waals surface area contributed by atoms with Gasteiger partial charge in [-0.2, -0.15) is 0 Å². The van der Waals surface area contributed by atoms with Crippen molar-refractivity contribution in [3.8, 4) is 5.75 Å². The molecule has 2 aromatic carbocycles. The number of anilines is 1. The van der Waals surface area contributed by atoms with Crippen LogP contribution in [0.1, 0.15) is 44.4 Å². The molecule has 2 aromatic rings. The van der Waals surface area contributed by atoms with Crippen LogP contribution >= 0.6 is 0 Å². The third-order valence-corrected chi connectivity index (χ3v) is 4.24. The van der Waals surface area contributed by atoms with Crippen LogP contribution in [0.5, 0.6) is 5.75 Å². The van der Waals surface area contributed by atoms with Crippen LogP contribution in [-0.4, -0.2) is 17.0 Å². The van der Waals surface area contributed by atoms with Gasteiger partial charge in [0.15, 0.2) is 0 Å². The smallest absolute Gasteiger partial charge is 0.309 e. The fraction of sp³-hybridized carbons (Fsp3) is 0.333. The lowest BCUT2D eigenvalue weighted by Gasteiger charge is -2.19. The highest BCUT2D eigenvalue weighted by molar-refractivity contribution is 5.94. The van der Waals surface area contributed by atoms with E-state index in [2.05, 4.69) is 5.32 Å². The van der Waals surface area contributed by atoms with Crippen LogP contribution in [0.3, 0.4) is 0 Å². The van der Waals surface area contributed by atoms with Crippen molar-refractivity contribution >= 4 is 17.6 Å². The first-order chi connectivity index (χ1) is 12.2. The molecule has 26 heavy (non-hydrogen) atoms. The number of carboxylic acids is 1. The molecule has 1 amide bonds. The molecule has 2 N–H and O–H groups in total. The van der Waals surface area contributed by atoms with E-state index in [1.165, 1.54) is 13.8 Å². The van der Waals surface area contributed by atoms with Crippen molar-refractivity contribution in [2.45, 2.75) is 40.2 Å². The van der Waals surface area contributed by atoms with Crippen LogP contribution in [-0.2, 0) is 9.59 Å². The fourth-order valence-corrected chi connectivity index (χ4v) is 2.52. The van der Waals surface area contributed by atoms with Crippen LogP contribution in [0, 0.1) is 12.3 Å². The second kappa shape index (κ2) is 8.04. The topological polar surface area (TPSA) is 75.6 Å². The molecule has 0 fully saturated rings. The molecular weight excluding hydrogens is 330 g/mol. The highest BCUT2D eigenvalue weighted by Gasteiger charge is 2.30. The summed E-state index contributed by atoms with van der Waals surface area (Å²) in [5.41, 5.74) is 1.48. The van der Waals surface area contributed by atoms with Gasteiger partial charge in [0.1, 0.15) is 11.9 Å². The second-order valence-electron chi connectivity index (χ2n) is 7.06. The molecule has 0 spiro atoms. The normalized spacial score (nSPS) is 12.3. The van der Waals surface area contributed by atoms with Crippen LogP contribution < -0.4 is 10.1 Å². The number of hydrogen-bond acceptors (Lipinski definition) is 3. The Morgan fingerprint density at radius 2 is 1.81 bits per heavy atom. The summed E-state index contributed by atoms with van der Waals surface area (Å²) in [4.78, 5) is 23.3. The number of amides is 1. The quantitative estimate of drug-likeness (QED) is 0.762. The van der Waals surface area contributed by atoms with Gasteiger partial charge in [0.05, 0.1) is 5.41 Å². The van der Waals surface area contributed by atoms with Crippen molar-refractivity contribution in [2.75, 3.05) is 5.32 Å². The van der Waals surface area contributed by atoms with Gasteiger partial charge in [0.25, 0.3) is 0 Å². The molecular formula is C21H25NO4. The third kappa shape index (κ3) is 5.09. The summed E-state index contributed by atoms with van der Waals surface area (Å²) < 4.78 is 5.96. The zero-order chi connectivity index (χ0) is 19.3. The molecule has 1 atom stereocenters. The van der Waals surface area contributed by atoms with E-state index in [9.17, 15) is 9.59 Å². The largest absolute Gasteiger partial charge is 0.486 e. The Morgan fingerprint density at radius 3 is 2.38 bits per heavy atom. The van der Waals surface area contributed by atoms with Gasteiger partial charge in [0.2, 0.25) is 5.91 Å². The number of nitrogens with one attached hydrogen (secondary N) is 1. The molecule has 0 saturated heterocycles. The maximum Gasteiger partial charge on any atom is 0.309 e. The number of carboxylic acid groups (broad SMARTS) is 1. The Labute approximate surface area is 154 Å². The van der Waals surface area contributed by atoms with Crippen LogP contribution in [0.25, 0.3) is 0 Å². The summed E-state index contributed by atoms with van der Waals surface area (Å²) in [5, 5.41) is 11.9. The summed E-state index contributed by atoms with van der Waals surface area (Å²) >= 11 is 0. The molecule has 0 saturated carbocycles. The Bertz CT molecular complexity index is 784. The first-order valence-corrected chi connectivity index (χ1v) is 8.54. The van der Waals surface area contributed by atoms with Gasteiger partial charge < -0.3 is 15.2 Å². The zero-order valence-electron chi connectivity index (χ0n) is 15.6. The average molecular weight is 355 g/mol. The molecule has 138 valence electrons. The van der Waals surface area contributed by atoms with Gasteiger partial charge in [-0.25, -0.2) is 0 Å². The molecule has 0 aromatic heterocycles. The van der Waals surface area contributed by atoms with Crippen molar-refractivity contribution in [3.63, 3.8) is 0 Å². The lowest BCUT2D eigenvalue weighted by molar-refractivity contribution is -0.148. The summed E-state index contributed by atoms with van der Waals surface area (Å²) in [5.74, 6) is -0.613. The van der Waals surface area contributed by atoms with E-state index in [1.807, 2.05) is 50.2 Å². The Hall–Kier alpha value is -2.82. The van der Waals surface area contributed by atoms with Gasteiger partial charge >= 0.3 is 5.97 Å². The SMILES string of the molecule is Cc1cc(OC(C)c2ccccc2)ccc1NC(=O)CC(C)(C)C(=O)O. The van der Waals surface area contributed by atoms with E-state index in [4.69, 9.17) is 9.84 Å². The minimum absolute atomic E-state index is 0.0904. The van der Waals surface area contributed by atoms with Crippen molar-refractivity contribution < 1.29 is 19.4 Å². The number of benzene rings is 2. The molecule has 2 rings (SSSR count). The third-order valence-electron chi connectivity index (χ3n) is 4.24. The predicted octanol–water partition coefficient (Wildman–Crippen LogP) is 4.57. The number of hydrogen-bond donors (Lipinski definition) is 2. The molecule has 1 unspecified atom stereocenters. The second-order valence-corrected chi connectivity index (χ2v) is 7.06. The summed E-state index contributed by atoms with van der Waals surface area (Å²) in [6.45, 7) is 6.92. The van der Waals surface area contributed by atoms with Crippen molar-refractivity contribution in [1.29, 1.82) is 0 Å². The van der Waals surface area contributed by atoms with Gasteiger partial charge in [-0.15, -0.1) is 0 Å². The Morgan fingerprint density at radius 1 is 1.15 bits per heavy atom. The Balaban J connectivity index is 2.03. The number of carbonyl (C=O) groups is 2. The summed E-state index contributed by atoms with van der Waals surface area (Å²) in [6.07, 6.45) is -0.183. The Kier molecular flexibility index (Phi) is 6.03. The summed E-state index contributed by atoms with van der Waals surface area (Å²) in [7, 11) is 0. The fourth-order valence-electron chi connectivity index (χ4n) is 2.52. The van der Waals surface area contributed by atoms with E-state index >= 15 is 0 Å². The maximum absolute atomic E-state index is 12.1. The molecule has 0 bridgehead atoms. The molecule has 0 radical (unpaired) electrons. The zero-order valence-corrected chi connectivity index (χ0v) is 15.6. The van der Waals surface area contributed by atoms with Crippen molar-refractivity contribution in [1.82, 2.24) is 0 Å². The molecule has 0 aliphatic heterocycles. The first-order valence-electron chi connectivity index (χ1n) is 8.54. The highest BCUT2D eigenvalue weighted by Crippen LogP contribution is 2.27. The van der Waals surface area contributed by atoms with E-state index in [0.29, 0.717) is 11.4 Å². The number of aryl methyl sites for hydroxylation is 1. The van der Waals surface area contributed by atoms with Crippen molar-refractivity contribution in [2.24, 2.45) is 5.41 Å². The predicted molar refractivity (Wildman–Crippen MR) is 101 cm³/mol. The van der Waals surface area contributed by atoms with Crippen LogP contribution in [0.15, 0.2) is 48.5 Å². The molecule has 5 nitrogen and oxygen atoms in total. The number of ether oxygens (including phenoxy) is 1. The maximum atomic E-state index is 12.1. The van der Waals surface area contributed by atoms with E-state index in [0.717, 1.165) is 11.1 Å². The van der Waals surface area contributed by atoms with Crippen molar-refractivity contribution in [3.05, 3.63) is 59.7 Å². The average Bonchev–Trinajstić information content (AvgIpc) is 2.57. The minimum atomic E-state index is -1.11. The number of carbonyl (C=O) groups excluding carboxylic acids is 1. The number of aliphatic carboxylic acids is 1. The summed E-state index contributed by atoms with van der Waals surface area (Å²) in [6, 6.07) is 15.3. The van der Waals surface area contributed by atoms with E-state index in [1.54, 1.807) is 12.1 Å². The van der Waals surface area contributed by atoms with Gasteiger partial charge in [-0.3, -0.25) is 9.59 Å². The van der Waals surface area contributed by atoms with Gasteiger partial charge in [0, 0.05) is 12.1 Å². The molecule has 0 heterocycles. The van der Waals surface area contributed by atoms with Crippen LogP contribution in [0.2, 0.25) is 0 Å². The monoisotopic (exact) mass is 355 g/mol. The first kappa shape index (κ1) is 19.5. The standard InChI is InChI=1S/C21H25NO4/c1-14-12-17(26-15(2)16-8-6-5-7-9-16)10-11-18(14)22-19(23)13-21(3,4)20(24)25/h5-12,15H,13H2,1-4H3,(H,22,23)(H,24,25). The lowest BCUT2D eigenvalue weighted by Crippen LogP contribution is -2.29. The van der Waals surface area contributed by atoms with E-state index < -0.39 is 11.4 Å². The van der Waals surface area contributed by atoms with Crippen LogP contribution in [0.4, 0.5) is 5.69 Å². The number of rotatable bonds is 7. The minimum Gasteiger partial charge on any atom is -0.486 e.